The van der Waals surface area contributed by atoms with Gasteiger partial charge in [0.1, 0.15) is 10.8 Å². The van der Waals surface area contributed by atoms with Crippen LogP contribution in [0.3, 0.4) is 0 Å². The van der Waals surface area contributed by atoms with E-state index in [4.69, 9.17) is 4.42 Å². The molecule has 1 N–H and O–H groups in total. The Morgan fingerprint density at radius 1 is 0.875 bits per heavy atom. The summed E-state index contributed by atoms with van der Waals surface area (Å²) in [7, 11) is 0. The lowest BCUT2D eigenvalue weighted by atomic mass is 10.1. The Morgan fingerprint density at radius 2 is 1.59 bits per heavy atom. The third kappa shape index (κ3) is 3.91. The highest BCUT2D eigenvalue weighted by atomic mass is 32.1. The third-order valence-corrected chi connectivity index (χ3v) is 5.60. The molecule has 5 rings (SSSR count). The van der Waals surface area contributed by atoms with Crippen LogP contribution < -0.4 is 5.32 Å². The van der Waals surface area contributed by atoms with Crippen LogP contribution >= 0.6 is 11.3 Å². The molecule has 0 unspecified atom stereocenters. The molecular weight excluding hydrogens is 427 g/mol. The number of carbonyl (C=O) groups excluding carboxylic acids is 1. The van der Waals surface area contributed by atoms with Gasteiger partial charge in [-0.1, -0.05) is 65.9 Å². The quantitative estimate of drug-likeness (QED) is 0.365. The zero-order valence-corrected chi connectivity index (χ0v) is 17.3. The summed E-state index contributed by atoms with van der Waals surface area (Å²) in [4.78, 5) is 17.2. The molecule has 0 spiro atoms. The number of amides is 1. The van der Waals surface area contributed by atoms with Gasteiger partial charge in [-0.05, 0) is 24.3 Å². The van der Waals surface area contributed by atoms with E-state index in [0.717, 1.165) is 5.56 Å². The number of aromatic nitrogens is 3. The second-order valence-corrected chi connectivity index (χ2v) is 7.77. The first-order chi connectivity index (χ1) is 15.7. The molecule has 2 heterocycles. The van der Waals surface area contributed by atoms with Crippen LogP contribution in [0.4, 0.5) is 9.52 Å². The summed E-state index contributed by atoms with van der Waals surface area (Å²) in [5.74, 6) is -0.282. The maximum absolute atomic E-state index is 14.1. The second-order valence-electron chi connectivity index (χ2n) is 6.79. The minimum Gasteiger partial charge on any atom is -0.436 e. The highest BCUT2D eigenvalue weighted by Crippen LogP contribution is 2.31. The first-order valence-corrected chi connectivity index (χ1v) is 10.5. The smallest absolute Gasteiger partial charge is 0.258 e. The molecule has 0 saturated heterocycles. The monoisotopic (exact) mass is 442 g/mol. The normalized spacial score (nSPS) is 10.8. The Balaban J connectivity index is 1.41. The molecule has 0 fully saturated rings. The van der Waals surface area contributed by atoms with Crippen molar-refractivity contribution in [3.63, 3.8) is 0 Å². The van der Waals surface area contributed by atoms with Gasteiger partial charge < -0.3 is 4.42 Å². The largest absolute Gasteiger partial charge is 0.436 e. The van der Waals surface area contributed by atoms with Crippen LogP contribution in [0.1, 0.15) is 10.4 Å². The lowest BCUT2D eigenvalue weighted by Crippen LogP contribution is -2.13. The molecule has 0 radical (unpaired) electrons. The number of hydrogen-bond donors (Lipinski definition) is 1. The average Bonchev–Trinajstić information content (AvgIpc) is 3.50. The summed E-state index contributed by atoms with van der Waals surface area (Å²) in [6.45, 7) is 0. The SMILES string of the molecule is O=C(Nc1nnc(-c2ccccc2)s1)c1ccccc1-c1ncc(-c2ccccc2F)o1. The second kappa shape index (κ2) is 8.52. The summed E-state index contributed by atoms with van der Waals surface area (Å²) in [5, 5.41) is 12.1. The fourth-order valence-electron chi connectivity index (χ4n) is 3.19. The van der Waals surface area contributed by atoms with Crippen LogP contribution in [-0.4, -0.2) is 21.1 Å². The standard InChI is InChI=1S/C24H15FN4O2S/c25-19-13-7-6-12-18(19)20-14-26-22(31-20)17-11-5-4-10-16(17)21(30)27-24-29-28-23(32-24)15-8-2-1-3-9-15/h1-14H,(H,27,29,30). The van der Waals surface area contributed by atoms with Crippen molar-refractivity contribution in [3.05, 3.63) is 96.4 Å². The number of nitrogens with one attached hydrogen (secondary N) is 1. The number of carbonyl (C=O) groups is 1. The van der Waals surface area contributed by atoms with E-state index < -0.39 is 5.82 Å². The maximum atomic E-state index is 14.1. The number of benzene rings is 3. The van der Waals surface area contributed by atoms with Crippen LogP contribution in [0.15, 0.2) is 89.5 Å². The highest BCUT2D eigenvalue weighted by molar-refractivity contribution is 7.18. The molecule has 0 aliphatic rings. The van der Waals surface area contributed by atoms with Crippen molar-refractivity contribution in [1.82, 2.24) is 15.2 Å². The molecule has 5 aromatic rings. The minimum atomic E-state index is -0.410. The Bertz CT molecular complexity index is 1400. The first-order valence-electron chi connectivity index (χ1n) is 9.69. The first kappa shape index (κ1) is 19.8. The van der Waals surface area contributed by atoms with Gasteiger partial charge in [-0.2, -0.15) is 0 Å². The topological polar surface area (TPSA) is 80.9 Å². The predicted molar refractivity (Wildman–Crippen MR) is 121 cm³/mol. The lowest BCUT2D eigenvalue weighted by molar-refractivity contribution is 0.102. The van der Waals surface area contributed by atoms with Crippen LogP contribution in [-0.2, 0) is 0 Å². The molecule has 0 saturated carbocycles. The van der Waals surface area contributed by atoms with Gasteiger partial charge in [0.2, 0.25) is 11.0 Å². The number of hydrogen-bond acceptors (Lipinski definition) is 6. The molecular formula is C24H15FN4O2S. The summed E-state index contributed by atoms with van der Waals surface area (Å²) < 4.78 is 19.9. The molecule has 1 amide bonds. The van der Waals surface area contributed by atoms with E-state index in [1.165, 1.54) is 23.6 Å². The molecule has 0 aliphatic carbocycles. The van der Waals surface area contributed by atoms with Gasteiger partial charge in [0.05, 0.1) is 17.3 Å². The molecule has 2 aromatic heterocycles. The molecule has 0 aliphatic heterocycles. The Morgan fingerprint density at radius 3 is 2.41 bits per heavy atom. The van der Waals surface area contributed by atoms with Crippen LogP contribution in [0, 0.1) is 5.82 Å². The van der Waals surface area contributed by atoms with Crippen molar-refractivity contribution < 1.29 is 13.6 Å². The predicted octanol–water partition coefficient (Wildman–Crippen LogP) is 5.92. The zero-order valence-electron chi connectivity index (χ0n) is 16.5. The molecule has 8 heteroatoms. The lowest BCUT2D eigenvalue weighted by Gasteiger charge is -2.06. The van der Waals surface area contributed by atoms with Crippen molar-refractivity contribution in [1.29, 1.82) is 0 Å². The minimum absolute atomic E-state index is 0.219. The number of halogens is 1. The van der Waals surface area contributed by atoms with Gasteiger partial charge in [-0.15, -0.1) is 10.2 Å². The molecule has 0 bridgehead atoms. The third-order valence-electron chi connectivity index (χ3n) is 4.71. The van der Waals surface area contributed by atoms with Crippen LogP contribution in [0.25, 0.3) is 33.3 Å². The van der Waals surface area contributed by atoms with Gasteiger partial charge in [0, 0.05) is 11.1 Å². The number of rotatable bonds is 5. The average molecular weight is 442 g/mol. The van der Waals surface area contributed by atoms with E-state index in [9.17, 15) is 9.18 Å². The Hall–Kier alpha value is -4.17. The van der Waals surface area contributed by atoms with E-state index in [2.05, 4.69) is 20.5 Å². The van der Waals surface area contributed by atoms with Gasteiger partial charge in [0.15, 0.2) is 5.76 Å². The van der Waals surface area contributed by atoms with E-state index in [1.54, 1.807) is 42.5 Å². The van der Waals surface area contributed by atoms with Gasteiger partial charge in [-0.25, -0.2) is 9.37 Å². The summed E-state index contributed by atoms with van der Waals surface area (Å²) in [6.07, 6.45) is 1.44. The van der Waals surface area contributed by atoms with Gasteiger partial charge in [0.25, 0.3) is 5.91 Å². The van der Waals surface area contributed by atoms with Crippen LogP contribution in [0.5, 0.6) is 0 Å². The summed E-state index contributed by atoms with van der Waals surface area (Å²) >= 11 is 1.28. The molecule has 3 aromatic carbocycles. The molecule has 156 valence electrons. The van der Waals surface area contributed by atoms with Gasteiger partial charge >= 0.3 is 0 Å². The number of nitrogens with zero attached hydrogens (tertiary/aromatic N) is 3. The Kier molecular flexibility index (Phi) is 5.27. The van der Waals surface area contributed by atoms with Gasteiger partial charge in [-0.3, -0.25) is 10.1 Å². The Labute approximate surface area is 186 Å². The van der Waals surface area contributed by atoms with Crippen LogP contribution in [0.2, 0.25) is 0 Å². The highest BCUT2D eigenvalue weighted by Gasteiger charge is 2.19. The van der Waals surface area contributed by atoms with Crippen molar-refractivity contribution in [3.8, 4) is 33.3 Å². The van der Waals surface area contributed by atoms with E-state index in [0.29, 0.717) is 26.8 Å². The molecule has 6 nitrogen and oxygen atoms in total. The van der Waals surface area contributed by atoms with Crippen molar-refractivity contribution in [2.45, 2.75) is 0 Å². The molecule has 0 atom stereocenters. The summed E-state index contributed by atoms with van der Waals surface area (Å²) in [6, 6.07) is 22.8. The zero-order chi connectivity index (χ0) is 21.9. The fraction of sp³-hybridized carbons (Fsp3) is 0. The number of oxazole rings is 1. The maximum Gasteiger partial charge on any atom is 0.258 e. The van der Waals surface area contributed by atoms with Crippen molar-refractivity contribution >= 4 is 22.4 Å². The van der Waals surface area contributed by atoms with Crippen molar-refractivity contribution in [2.75, 3.05) is 5.32 Å². The van der Waals surface area contributed by atoms with E-state index in [1.807, 2.05) is 30.3 Å². The summed E-state index contributed by atoms with van der Waals surface area (Å²) in [5.41, 5.74) is 2.06. The fourth-order valence-corrected chi connectivity index (χ4v) is 3.93. The van der Waals surface area contributed by atoms with E-state index >= 15 is 0 Å². The molecule has 32 heavy (non-hydrogen) atoms. The number of anilines is 1. The van der Waals surface area contributed by atoms with Crippen molar-refractivity contribution in [2.24, 2.45) is 0 Å². The van der Waals surface area contributed by atoms with E-state index in [-0.39, 0.29) is 17.6 Å².